The Balaban J connectivity index is 2.75. The summed E-state index contributed by atoms with van der Waals surface area (Å²) in [5.41, 5.74) is 7.36. The van der Waals surface area contributed by atoms with Crippen LogP contribution >= 0.6 is 23.2 Å². The van der Waals surface area contributed by atoms with Crippen molar-refractivity contribution >= 4 is 34.6 Å². The topological polar surface area (TPSA) is 38.5 Å². The Kier molecular flexibility index (Phi) is 5.19. The Morgan fingerprint density at radius 2 is 1.94 bits per heavy atom. The molecule has 90 valence electrons. The zero-order valence-corrected chi connectivity index (χ0v) is 11.0. The lowest BCUT2D eigenvalue weighted by atomic mass is 10.2. The Bertz CT molecular complexity index is 358. The maximum Gasteiger partial charge on any atom is 0.0641 e. The number of anilines is 2. The van der Waals surface area contributed by atoms with Crippen LogP contribution in [0.5, 0.6) is 0 Å². The first kappa shape index (κ1) is 13.4. The van der Waals surface area contributed by atoms with Gasteiger partial charge in [-0.2, -0.15) is 0 Å². The number of likely N-dealkylation sites (N-methyl/N-ethyl adjacent to an activating group) is 1. The molecule has 2 N–H and O–H groups in total. The highest BCUT2D eigenvalue weighted by Crippen LogP contribution is 2.32. The molecule has 0 aliphatic rings. The Labute approximate surface area is 106 Å². The van der Waals surface area contributed by atoms with Crippen LogP contribution in [0.2, 0.25) is 10.0 Å². The standard InChI is InChI=1S/C11H16Cl2N2O/c1-3-16-5-4-15(2)11-7-9(13)8(12)6-10(11)14/h6-7H,3-5,14H2,1-2H3. The molecular weight excluding hydrogens is 247 g/mol. The summed E-state index contributed by atoms with van der Waals surface area (Å²) in [5.74, 6) is 0. The number of nitrogen functional groups attached to an aromatic ring is 1. The number of benzene rings is 1. The van der Waals surface area contributed by atoms with Gasteiger partial charge < -0.3 is 15.4 Å². The van der Waals surface area contributed by atoms with Gasteiger partial charge >= 0.3 is 0 Å². The van der Waals surface area contributed by atoms with Crippen LogP contribution in [0.3, 0.4) is 0 Å². The van der Waals surface area contributed by atoms with Crippen LogP contribution in [0.15, 0.2) is 12.1 Å². The largest absolute Gasteiger partial charge is 0.397 e. The lowest BCUT2D eigenvalue weighted by Gasteiger charge is -2.21. The summed E-state index contributed by atoms with van der Waals surface area (Å²) in [5, 5.41) is 0.982. The van der Waals surface area contributed by atoms with E-state index in [4.69, 9.17) is 33.7 Å². The quantitative estimate of drug-likeness (QED) is 0.655. The fourth-order valence-corrected chi connectivity index (χ4v) is 1.68. The molecule has 0 radical (unpaired) electrons. The normalized spacial score (nSPS) is 10.5. The van der Waals surface area contributed by atoms with E-state index in [0.29, 0.717) is 28.9 Å². The molecule has 1 rings (SSSR count). The Morgan fingerprint density at radius 3 is 2.56 bits per heavy atom. The maximum atomic E-state index is 5.95. The van der Waals surface area contributed by atoms with Gasteiger partial charge in [0.1, 0.15) is 0 Å². The summed E-state index contributed by atoms with van der Waals surface area (Å²) in [7, 11) is 1.94. The summed E-state index contributed by atoms with van der Waals surface area (Å²) >= 11 is 11.8. The van der Waals surface area contributed by atoms with Crippen molar-refractivity contribution in [2.75, 3.05) is 37.4 Å². The fraction of sp³-hybridized carbons (Fsp3) is 0.455. The molecule has 0 aliphatic heterocycles. The van der Waals surface area contributed by atoms with Crippen LogP contribution in [0.4, 0.5) is 11.4 Å². The molecule has 0 saturated heterocycles. The van der Waals surface area contributed by atoms with Crippen LogP contribution in [0.1, 0.15) is 6.92 Å². The molecular formula is C11H16Cl2N2O. The zero-order chi connectivity index (χ0) is 12.1. The van der Waals surface area contributed by atoms with Gasteiger partial charge in [0.2, 0.25) is 0 Å². The van der Waals surface area contributed by atoms with Gasteiger partial charge in [0.05, 0.1) is 28.0 Å². The monoisotopic (exact) mass is 262 g/mol. The molecule has 1 aromatic carbocycles. The predicted molar refractivity (Wildman–Crippen MR) is 70.6 cm³/mol. The van der Waals surface area contributed by atoms with E-state index in [-0.39, 0.29) is 0 Å². The molecule has 5 heteroatoms. The van der Waals surface area contributed by atoms with Crippen molar-refractivity contribution in [2.24, 2.45) is 0 Å². The van der Waals surface area contributed by atoms with Gasteiger partial charge in [0, 0.05) is 20.2 Å². The van der Waals surface area contributed by atoms with Crippen molar-refractivity contribution in [1.29, 1.82) is 0 Å². The lowest BCUT2D eigenvalue weighted by Crippen LogP contribution is -2.23. The zero-order valence-electron chi connectivity index (χ0n) is 9.46. The Hall–Kier alpha value is -0.640. The van der Waals surface area contributed by atoms with E-state index in [2.05, 4.69) is 0 Å². The SMILES string of the molecule is CCOCCN(C)c1cc(Cl)c(Cl)cc1N. The lowest BCUT2D eigenvalue weighted by molar-refractivity contribution is 0.154. The summed E-state index contributed by atoms with van der Waals surface area (Å²) < 4.78 is 5.28. The molecule has 0 unspecified atom stereocenters. The van der Waals surface area contributed by atoms with Gasteiger partial charge in [-0.3, -0.25) is 0 Å². The number of hydrogen-bond donors (Lipinski definition) is 1. The Morgan fingerprint density at radius 1 is 1.31 bits per heavy atom. The van der Waals surface area contributed by atoms with Gasteiger partial charge in [0.15, 0.2) is 0 Å². The predicted octanol–water partition coefficient (Wildman–Crippen LogP) is 3.05. The van der Waals surface area contributed by atoms with E-state index in [1.165, 1.54) is 0 Å². The summed E-state index contributed by atoms with van der Waals surface area (Å²) in [4.78, 5) is 1.99. The summed E-state index contributed by atoms with van der Waals surface area (Å²) in [6.45, 7) is 4.10. The highest BCUT2D eigenvalue weighted by atomic mass is 35.5. The molecule has 16 heavy (non-hydrogen) atoms. The molecule has 3 nitrogen and oxygen atoms in total. The molecule has 0 spiro atoms. The molecule has 0 fully saturated rings. The van der Waals surface area contributed by atoms with Crippen LogP contribution in [0, 0.1) is 0 Å². The minimum absolute atomic E-state index is 0.473. The summed E-state index contributed by atoms with van der Waals surface area (Å²) in [6, 6.07) is 3.43. The highest BCUT2D eigenvalue weighted by molar-refractivity contribution is 6.42. The first-order chi connectivity index (χ1) is 7.56. The van der Waals surface area contributed by atoms with E-state index in [1.54, 1.807) is 12.1 Å². The van der Waals surface area contributed by atoms with Gasteiger partial charge in [-0.05, 0) is 19.1 Å². The summed E-state index contributed by atoms with van der Waals surface area (Å²) in [6.07, 6.45) is 0. The van der Waals surface area contributed by atoms with Gasteiger partial charge in [-0.15, -0.1) is 0 Å². The van der Waals surface area contributed by atoms with E-state index >= 15 is 0 Å². The van der Waals surface area contributed by atoms with Crippen molar-refractivity contribution in [3.63, 3.8) is 0 Å². The van der Waals surface area contributed by atoms with E-state index in [9.17, 15) is 0 Å². The number of nitrogens with two attached hydrogens (primary N) is 1. The number of nitrogens with zero attached hydrogens (tertiary/aromatic N) is 1. The molecule has 0 saturated carbocycles. The van der Waals surface area contributed by atoms with Gasteiger partial charge in [-0.25, -0.2) is 0 Å². The fourth-order valence-electron chi connectivity index (χ4n) is 1.35. The van der Waals surface area contributed by atoms with Crippen LogP contribution < -0.4 is 10.6 Å². The second-order valence-electron chi connectivity index (χ2n) is 3.44. The van der Waals surface area contributed by atoms with E-state index in [0.717, 1.165) is 12.2 Å². The van der Waals surface area contributed by atoms with Crippen LogP contribution in [0.25, 0.3) is 0 Å². The van der Waals surface area contributed by atoms with Gasteiger partial charge in [-0.1, -0.05) is 23.2 Å². The second kappa shape index (κ2) is 6.18. The molecule has 0 amide bonds. The number of halogens is 2. The third-order valence-electron chi connectivity index (χ3n) is 2.26. The van der Waals surface area contributed by atoms with Crippen molar-refractivity contribution in [2.45, 2.75) is 6.92 Å². The van der Waals surface area contributed by atoms with Crippen molar-refractivity contribution in [1.82, 2.24) is 0 Å². The first-order valence-corrected chi connectivity index (χ1v) is 5.85. The van der Waals surface area contributed by atoms with Gasteiger partial charge in [0.25, 0.3) is 0 Å². The first-order valence-electron chi connectivity index (χ1n) is 5.09. The average Bonchev–Trinajstić information content (AvgIpc) is 2.23. The molecule has 1 aromatic rings. The molecule has 0 aliphatic carbocycles. The van der Waals surface area contributed by atoms with Crippen LogP contribution in [-0.4, -0.2) is 26.8 Å². The number of rotatable bonds is 5. The van der Waals surface area contributed by atoms with E-state index < -0.39 is 0 Å². The number of ether oxygens (including phenoxy) is 1. The third-order valence-corrected chi connectivity index (χ3v) is 2.98. The molecule has 0 bridgehead atoms. The molecule has 0 atom stereocenters. The number of hydrogen-bond acceptors (Lipinski definition) is 3. The minimum atomic E-state index is 0.473. The van der Waals surface area contributed by atoms with Crippen molar-refractivity contribution in [3.8, 4) is 0 Å². The molecule has 0 heterocycles. The molecule has 0 aromatic heterocycles. The van der Waals surface area contributed by atoms with Crippen molar-refractivity contribution in [3.05, 3.63) is 22.2 Å². The average molecular weight is 263 g/mol. The maximum absolute atomic E-state index is 5.95. The minimum Gasteiger partial charge on any atom is -0.397 e. The third kappa shape index (κ3) is 3.44. The second-order valence-corrected chi connectivity index (χ2v) is 4.26. The van der Waals surface area contributed by atoms with E-state index in [1.807, 2.05) is 18.9 Å². The smallest absolute Gasteiger partial charge is 0.0641 e. The van der Waals surface area contributed by atoms with Crippen LogP contribution in [-0.2, 0) is 4.74 Å². The highest BCUT2D eigenvalue weighted by Gasteiger charge is 2.08. The van der Waals surface area contributed by atoms with Crippen molar-refractivity contribution < 1.29 is 4.74 Å².